The van der Waals surface area contributed by atoms with Crippen LogP contribution in [0.1, 0.15) is 35.2 Å². The summed E-state index contributed by atoms with van der Waals surface area (Å²) in [4.78, 5) is 30.3. The number of nitrogens with zero attached hydrogens (tertiary/aromatic N) is 1. The Morgan fingerprint density at radius 3 is 2.59 bits per heavy atom. The molecule has 1 saturated heterocycles. The first-order chi connectivity index (χ1) is 13.1. The second-order valence-electron chi connectivity index (χ2n) is 6.64. The first kappa shape index (κ1) is 19.1. The van der Waals surface area contributed by atoms with E-state index < -0.39 is 0 Å². The zero-order valence-corrected chi connectivity index (χ0v) is 15.5. The molecular weight excluding hydrogens is 342 g/mol. The summed E-state index contributed by atoms with van der Waals surface area (Å²) in [6.07, 6.45) is 2.49. The van der Waals surface area contributed by atoms with Crippen LogP contribution in [0.3, 0.4) is 0 Å². The molecule has 1 aliphatic rings. The Balaban J connectivity index is 1.63. The molecular formula is C21H25N3O3. The Morgan fingerprint density at radius 1 is 1.04 bits per heavy atom. The molecule has 1 fully saturated rings. The predicted octanol–water partition coefficient (Wildman–Crippen LogP) is 3.60. The summed E-state index contributed by atoms with van der Waals surface area (Å²) in [6.45, 7) is 4.08. The van der Waals surface area contributed by atoms with Crippen molar-refractivity contribution in [3.8, 4) is 0 Å². The Morgan fingerprint density at radius 2 is 1.85 bits per heavy atom. The van der Waals surface area contributed by atoms with Crippen LogP contribution in [0, 0.1) is 6.92 Å². The van der Waals surface area contributed by atoms with Crippen LogP contribution in [-0.4, -0.2) is 36.6 Å². The first-order valence-corrected chi connectivity index (χ1v) is 9.26. The second kappa shape index (κ2) is 9.30. The number of rotatable bonds is 6. The van der Waals surface area contributed by atoms with E-state index in [0.717, 1.165) is 31.6 Å². The molecule has 6 heteroatoms. The number of amides is 2. The van der Waals surface area contributed by atoms with E-state index in [4.69, 9.17) is 4.84 Å². The van der Waals surface area contributed by atoms with E-state index in [0.29, 0.717) is 29.9 Å². The van der Waals surface area contributed by atoms with Crippen molar-refractivity contribution in [3.63, 3.8) is 0 Å². The van der Waals surface area contributed by atoms with E-state index in [2.05, 4.69) is 10.6 Å². The van der Waals surface area contributed by atoms with Gasteiger partial charge in [0.2, 0.25) is 5.91 Å². The zero-order valence-electron chi connectivity index (χ0n) is 15.5. The average Bonchev–Trinajstić information content (AvgIpc) is 2.70. The number of carbonyl (C=O) groups is 2. The molecule has 0 aromatic heterocycles. The summed E-state index contributed by atoms with van der Waals surface area (Å²) in [7, 11) is 0. The Hall–Kier alpha value is -2.70. The van der Waals surface area contributed by atoms with Crippen LogP contribution in [0.15, 0.2) is 48.5 Å². The highest BCUT2D eigenvalue weighted by molar-refractivity contribution is 6.07. The SMILES string of the molecule is Cc1ccc(NC(=O)c2ccccc2)c(NC(=O)CCN2CCCCO2)c1. The highest BCUT2D eigenvalue weighted by atomic mass is 16.7. The fourth-order valence-corrected chi connectivity index (χ4v) is 2.92. The molecule has 0 aliphatic carbocycles. The lowest BCUT2D eigenvalue weighted by atomic mass is 10.1. The molecule has 2 amide bonds. The van der Waals surface area contributed by atoms with Crippen molar-refractivity contribution in [2.75, 3.05) is 30.3 Å². The quantitative estimate of drug-likeness (QED) is 0.818. The number of benzene rings is 2. The third kappa shape index (κ3) is 5.64. The van der Waals surface area contributed by atoms with Gasteiger partial charge in [-0.15, -0.1) is 0 Å². The molecule has 1 heterocycles. The number of hydroxylamine groups is 2. The molecule has 142 valence electrons. The van der Waals surface area contributed by atoms with Gasteiger partial charge in [0.1, 0.15) is 0 Å². The average molecular weight is 367 g/mol. The van der Waals surface area contributed by atoms with Crippen LogP contribution in [0.25, 0.3) is 0 Å². The number of hydrogen-bond donors (Lipinski definition) is 2. The van der Waals surface area contributed by atoms with Crippen LogP contribution in [-0.2, 0) is 9.63 Å². The summed E-state index contributed by atoms with van der Waals surface area (Å²) in [6, 6.07) is 14.6. The largest absolute Gasteiger partial charge is 0.324 e. The van der Waals surface area contributed by atoms with Gasteiger partial charge in [-0.2, -0.15) is 5.06 Å². The third-order valence-electron chi connectivity index (χ3n) is 4.40. The van der Waals surface area contributed by atoms with Crippen molar-refractivity contribution in [1.29, 1.82) is 0 Å². The summed E-state index contributed by atoms with van der Waals surface area (Å²) < 4.78 is 0. The van der Waals surface area contributed by atoms with Gasteiger partial charge in [-0.05, 0) is 49.6 Å². The van der Waals surface area contributed by atoms with E-state index in [-0.39, 0.29) is 11.8 Å². The minimum absolute atomic E-state index is 0.106. The maximum Gasteiger partial charge on any atom is 0.255 e. The minimum atomic E-state index is -0.211. The van der Waals surface area contributed by atoms with Gasteiger partial charge in [-0.25, -0.2) is 0 Å². The summed E-state index contributed by atoms with van der Waals surface area (Å²) in [5.41, 5.74) is 2.75. The van der Waals surface area contributed by atoms with Crippen LogP contribution >= 0.6 is 0 Å². The molecule has 0 unspecified atom stereocenters. The second-order valence-corrected chi connectivity index (χ2v) is 6.64. The van der Waals surface area contributed by atoms with Crippen molar-refractivity contribution in [3.05, 3.63) is 59.7 Å². The highest BCUT2D eigenvalue weighted by Gasteiger charge is 2.15. The number of hydrogen-bond acceptors (Lipinski definition) is 4. The van der Waals surface area contributed by atoms with Crippen molar-refractivity contribution in [1.82, 2.24) is 5.06 Å². The van der Waals surface area contributed by atoms with Crippen molar-refractivity contribution >= 4 is 23.2 Å². The molecule has 2 aromatic carbocycles. The van der Waals surface area contributed by atoms with Gasteiger partial charge in [0, 0.05) is 25.1 Å². The third-order valence-corrected chi connectivity index (χ3v) is 4.40. The van der Waals surface area contributed by atoms with Gasteiger partial charge >= 0.3 is 0 Å². The highest BCUT2D eigenvalue weighted by Crippen LogP contribution is 2.24. The zero-order chi connectivity index (χ0) is 19.1. The molecule has 6 nitrogen and oxygen atoms in total. The van der Waals surface area contributed by atoms with Gasteiger partial charge < -0.3 is 10.6 Å². The lowest BCUT2D eigenvalue weighted by Gasteiger charge is -2.25. The van der Waals surface area contributed by atoms with E-state index in [1.807, 2.05) is 42.3 Å². The van der Waals surface area contributed by atoms with Gasteiger partial charge in [0.25, 0.3) is 5.91 Å². The van der Waals surface area contributed by atoms with Crippen LogP contribution in [0.2, 0.25) is 0 Å². The smallest absolute Gasteiger partial charge is 0.255 e. The van der Waals surface area contributed by atoms with Crippen molar-refractivity contribution < 1.29 is 14.4 Å². The Kier molecular flexibility index (Phi) is 6.57. The monoisotopic (exact) mass is 367 g/mol. The minimum Gasteiger partial charge on any atom is -0.324 e. The van der Waals surface area contributed by atoms with Gasteiger partial charge in [0.15, 0.2) is 0 Å². The summed E-state index contributed by atoms with van der Waals surface area (Å²) in [5.74, 6) is -0.318. The van der Waals surface area contributed by atoms with Crippen molar-refractivity contribution in [2.24, 2.45) is 0 Å². The molecule has 1 aliphatic heterocycles. The van der Waals surface area contributed by atoms with Crippen molar-refractivity contribution in [2.45, 2.75) is 26.2 Å². The van der Waals surface area contributed by atoms with Gasteiger partial charge in [0.05, 0.1) is 18.0 Å². The Bertz CT molecular complexity index is 787. The number of aryl methyl sites for hydroxylation is 1. The van der Waals surface area contributed by atoms with Crippen LogP contribution < -0.4 is 10.6 Å². The lowest BCUT2D eigenvalue weighted by Crippen LogP contribution is -2.32. The molecule has 2 aromatic rings. The molecule has 0 radical (unpaired) electrons. The molecule has 27 heavy (non-hydrogen) atoms. The van der Waals surface area contributed by atoms with Gasteiger partial charge in [-0.1, -0.05) is 24.3 Å². The van der Waals surface area contributed by atoms with Crippen LogP contribution in [0.5, 0.6) is 0 Å². The summed E-state index contributed by atoms with van der Waals surface area (Å²) >= 11 is 0. The Labute approximate surface area is 159 Å². The normalized spacial score (nSPS) is 14.6. The first-order valence-electron chi connectivity index (χ1n) is 9.26. The van der Waals surface area contributed by atoms with Gasteiger partial charge in [-0.3, -0.25) is 14.4 Å². The molecule has 0 atom stereocenters. The number of carbonyl (C=O) groups excluding carboxylic acids is 2. The fraction of sp³-hybridized carbons (Fsp3) is 0.333. The molecule has 3 rings (SSSR count). The lowest BCUT2D eigenvalue weighted by molar-refractivity contribution is -0.181. The number of nitrogens with one attached hydrogen (secondary N) is 2. The van der Waals surface area contributed by atoms with E-state index in [9.17, 15) is 9.59 Å². The molecule has 0 bridgehead atoms. The van der Waals surface area contributed by atoms with E-state index in [1.165, 1.54) is 0 Å². The summed E-state index contributed by atoms with van der Waals surface area (Å²) in [5, 5.41) is 7.63. The topological polar surface area (TPSA) is 70.7 Å². The standard InChI is InChI=1S/C21H25N3O3/c1-16-9-10-18(23-21(26)17-7-3-2-4-8-17)19(15-16)22-20(25)11-13-24-12-5-6-14-27-24/h2-4,7-10,15H,5-6,11-14H2,1H3,(H,22,25)(H,23,26). The number of anilines is 2. The van der Waals surface area contributed by atoms with Crippen LogP contribution in [0.4, 0.5) is 11.4 Å². The van der Waals surface area contributed by atoms with E-state index in [1.54, 1.807) is 18.2 Å². The maximum atomic E-state index is 12.4. The molecule has 0 spiro atoms. The maximum absolute atomic E-state index is 12.4. The molecule has 0 saturated carbocycles. The fourth-order valence-electron chi connectivity index (χ4n) is 2.92. The molecule has 2 N–H and O–H groups in total. The van der Waals surface area contributed by atoms with E-state index >= 15 is 0 Å². The predicted molar refractivity (Wildman–Crippen MR) is 106 cm³/mol.